The van der Waals surface area contributed by atoms with Crippen LogP contribution in [0.4, 0.5) is 14.5 Å². The number of rotatable bonds is 5. The Balaban J connectivity index is 1.43. The summed E-state index contributed by atoms with van der Waals surface area (Å²) in [6.45, 7) is 0. The molecule has 9 nitrogen and oxygen atoms in total. The summed E-state index contributed by atoms with van der Waals surface area (Å²) in [5.41, 5.74) is -0.381. The van der Waals surface area contributed by atoms with Crippen molar-refractivity contribution in [2.24, 2.45) is 7.05 Å². The maximum atomic E-state index is 13.3. The number of aliphatic hydroxyl groups is 1. The fourth-order valence-corrected chi connectivity index (χ4v) is 4.93. The number of nitrogens with one attached hydrogen (secondary N) is 1. The Bertz CT molecular complexity index is 1440. The van der Waals surface area contributed by atoms with Crippen LogP contribution in [0.3, 0.4) is 0 Å². The standard InChI is InChI=1S/C20H18F2N6O3S/c1-27-18-13(8-24-27)3-2-4-16(18)26-32(30,31)15-9-25-28(10-15)17-7-14(5-6-23-17)19(29)11-20(21,22)12-19/h2-10,26,29H,11-12H2,1H3. The predicted octanol–water partition coefficient (Wildman–Crippen LogP) is 2.57. The van der Waals surface area contributed by atoms with E-state index in [1.165, 1.54) is 29.2 Å². The van der Waals surface area contributed by atoms with Gasteiger partial charge in [-0.2, -0.15) is 10.2 Å². The van der Waals surface area contributed by atoms with E-state index in [1.54, 1.807) is 30.1 Å². The summed E-state index contributed by atoms with van der Waals surface area (Å²) in [5, 5.41) is 19.4. The number of hydrogen-bond acceptors (Lipinski definition) is 6. The largest absolute Gasteiger partial charge is 0.385 e. The molecule has 32 heavy (non-hydrogen) atoms. The number of pyridine rings is 1. The summed E-state index contributed by atoms with van der Waals surface area (Å²) in [7, 11) is -2.27. The lowest BCUT2D eigenvalue weighted by atomic mass is 9.72. The van der Waals surface area contributed by atoms with Crippen LogP contribution in [0.1, 0.15) is 18.4 Å². The van der Waals surface area contributed by atoms with Crippen molar-refractivity contribution in [2.75, 3.05) is 4.72 Å². The van der Waals surface area contributed by atoms with Crippen molar-refractivity contribution in [3.05, 3.63) is 60.7 Å². The van der Waals surface area contributed by atoms with E-state index in [0.29, 0.717) is 11.2 Å². The molecule has 3 aromatic heterocycles. The van der Waals surface area contributed by atoms with Crippen LogP contribution in [0.2, 0.25) is 0 Å². The van der Waals surface area contributed by atoms with Crippen molar-refractivity contribution in [1.29, 1.82) is 0 Å². The molecule has 1 fully saturated rings. The topological polar surface area (TPSA) is 115 Å². The second kappa shape index (κ2) is 6.81. The lowest BCUT2D eigenvalue weighted by molar-refractivity contribution is -0.210. The van der Waals surface area contributed by atoms with Crippen LogP contribution in [0.5, 0.6) is 0 Å². The number of aryl methyl sites for hydroxylation is 1. The number of anilines is 1. The van der Waals surface area contributed by atoms with Crippen molar-refractivity contribution in [3.8, 4) is 5.82 Å². The maximum Gasteiger partial charge on any atom is 0.265 e. The number of sulfonamides is 1. The first-order valence-corrected chi connectivity index (χ1v) is 11.1. The Hall–Kier alpha value is -3.38. The lowest BCUT2D eigenvalue weighted by Crippen LogP contribution is -2.49. The van der Waals surface area contributed by atoms with Crippen LogP contribution in [0, 0.1) is 0 Å². The third-order valence-corrected chi connectivity index (χ3v) is 6.81. The number of hydrogen-bond donors (Lipinski definition) is 2. The fourth-order valence-electron chi connectivity index (χ4n) is 3.93. The monoisotopic (exact) mass is 460 g/mol. The van der Waals surface area contributed by atoms with E-state index < -0.39 is 34.4 Å². The molecule has 1 saturated carbocycles. The summed E-state index contributed by atoms with van der Waals surface area (Å²) in [4.78, 5) is 4.00. The van der Waals surface area contributed by atoms with Gasteiger partial charge in [0.05, 0.1) is 29.8 Å². The molecule has 4 aromatic rings. The number of halogens is 2. The number of fused-ring (bicyclic) bond motifs is 1. The molecule has 0 unspecified atom stereocenters. The van der Waals surface area contributed by atoms with Gasteiger partial charge in [0.25, 0.3) is 15.9 Å². The number of benzene rings is 1. The first-order valence-electron chi connectivity index (χ1n) is 9.62. The van der Waals surface area contributed by atoms with Crippen LogP contribution < -0.4 is 4.72 Å². The van der Waals surface area contributed by atoms with Gasteiger partial charge < -0.3 is 5.11 Å². The molecule has 1 aliphatic carbocycles. The smallest absolute Gasteiger partial charge is 0.265 e. The highest BCUT2D eigenvalue weighted by Crippen LogP contribution is 2.51. The highest BCUT2D eigenvalue weighted by Gasteiger charge is 2.56. The number of para-hydroxylation sites is 1. The molecule has 0 aliphatic heterocycles. The van der Waals surface area contributed by atoms with Gasteiger partial charge in [-0.15, -0.1) is 0 Å². The minimum atomic E-state index is -3.98. The zero-order valence-electron chi connectivity index (χ0n) is 16.8. The molecule has 1 aromatic carbocycles. The van der Waals surface area contributed by atoms with Crippen molar-refractivity contribution in [1.82, 2.24) is 24.5 Å². The van der Waals surface area contributed by atoms with Crippen molar-refractivity contribution in [3.63, 3.8) is 0 Å². The van der Waals surface area contributed by atoms with Crippen molar-refractivity contribution >= 4 is 26.6 Å². The first-order chi connectivity index (χ1) is 15.1. The Kier molecular flexibility index (Phi) is 4.37. The third kappa shape index (κ3) is 3.41. The van der Waals surface area contributed by atoms with Gasteiger partial charge in [0, 0.05) is 31.5 Å². The summed E-state index contributed by atoms with van der Waals surface area (Å²) in [6, 6.07) is 8.04. The molecule has 12 heteroatoms. The summed E-state index contributed by atoms with van der Waals surface area (Å²) in [5.74, 6) is -2.71. The predicted molar refractivity (Wildman–Crippen MR) is 111 cm³/mol. The molecule has 0 saturated heterocycles. The van der Waals surface area contributed by atoms with Crippen LogP contribution >= 0.6 is 0 Å². The van der Waals surface area contributed by atoms with Crippen LogP contribution in [-0.2, 0) is 22.7 Å². The van der Waals surface area contributed by atoms with Gasteiger partial charge in [-0.3, -0.25) is 9.40 Å². The van der Waals surface area contributed by atoms with Crippen molar-refractivity contribution < 1.29 is 22.3 Å². The zero-order chi connectivity index (χ0) is 22.7. The van der Waals surface area contributed by atoms with Crippen LogP contribution in [0.25, 0.3) is 16.7 Å². The van der Waals surface area contributed by atoms with Gasteiger partial charge in [0.2, 0.25) is 0 Å². The van der Waals surface area contributed by atoms with Gasteiger partial charge in [0.15, 0.2) is 5.82 Å². The second-order valence-electron chi connectivity index (χ2n) is 7.88. The molecule has 1 aliphatic rings. The summed E-state index contributed by atoms with van der Waals surface area (Å²) >= 11 is 0. The van der Waals surface area contributed by atoms with E-state index in [4.69, 9.17) is 0 Å². The minimum absolute atomic E-state index is 0.113. The molecule has 166 valence electrons. The highest BCUT2D eigenvalue weighted by molar-refractivity contribution is 7.92. The zero-order valence-corrected chi connectivity index (χ0v) is 17.6. The van der Waals surface area contributed by atoms with E-state index in [2.05, 4.69) is 19.9 Å². The van der Waals surface area contributed by atoms with E-state index in [9.17, 15) is 22.3 Å². The van der Waals surface area contributed by atoms with Gasteiger partial charge in [0.1, 0.15) is 10.5 Å². The Morgan fingerprint density at radius 3 is 2.69 bits per heavy atom. The minimum Gasteiger partial charge on any atom is -0.385 e. The lowest BCUT2D eigenvalue weighted by Gasteiger charge is -2.43. The van der Waals surface area contributed by atoms with E-state index in [-0.39, 0.29) is 16.3 Å². The van der Waals surface area contributed by atoms with Crippen molar-refractivity contribution in [2.45, 2.75) is 29.3 Å². The average Bonchev–Trinajstić information content (AvgIpc) is 3.35. The van der Waals surface area contributed by atoms with E-state index in [0.717, 1.165) is 11.6 Å². The SMILES string of the molecule is Cn1ncc2cccc(NS(=O)(=O)c3cnn(-c4cc(C5(O)CC(F)(F)C5)ccn4)c3)c21. The van der Waals surface area contributed by atoms with E-state index >= 15 is 0 Å². The van der Waals surface area contributed by atoms with Gasteiger partial charge in [-0.05, 0) is 23.8 Å². The number of alkyl halides is 2. The first kappa shape index (κ1) is 20.5. The maximum absolute atomic E-state index is 13.3. The quantitative estimate of drug-likeness (QED) is 0.473. The van der Waals surface area contributed by atoms with Gasteiger partial charge >= 0.3 is 0 Å². The molecular formula is C20H18F2N6O3S. The molecule has 0 atom stereocenters. The molecule has 2 N–H and O–H groups in total. The molecular weight excluding hydrogens is 442 g/mol. The molecule has 0 bridgehead atoms. The highest BCUT2D eigenvalue weighted by atomic mass is 32.2. The summed E-state index contributed by atoms with van der Waals surface area (Å²) < 4.78 is 57.8. The second-order valence-corrected chi connectivity index (χ2v) is 9.56. The molecule has 5 rings (SSSR count). The van der Waals surface area contributed by atoms with Gasteiger partial charge in [-0.25, -0.2) is 26.9 Å². The fraction of sp³-hybridized carbons (Fsp3) is 0.250. The van der Waals surface area contributed by atoms with E-state index in [1.807, 2.05) is 6.07 Å². The molecule has 0 radical (unpaired) electrons. The Morgan fingerprint density at radius 2 is 1.94 bits per heavy atom. The molecule has 3 heterocycles. The normalized spacial score (nSPS) is 17.2. The Labute approximate surface area is 181 Å². The van der Waals surface area contributed by atoms with Crippen LogP contribution in [-0.4, -0.2) is 44.0 Å². The Morgan fingerprint density at radius 1 is 1.16 bits per heavy atom. The third-order valence-electron chi connectivity index (χ3n) is 5.49. The molecule has 0 spiro atoms. The molecule has 0 amide bonds. The summed E-state index contributed by atoms with van der Waals surface area (Å²) in [6.07, 6.45) is 4.06. The average molecular weight is 460 g/mol. The number of nitrogens with zero attached hydrogens (tertiary/aromatic N) is 5. The van der Waals surface area contributed by atoms with Crippen LogP contribution in [0.15, 0.2) is 60.0 Å². The van der Waals surface area contributed by atoms with Gasteiger partial charge in [-0.1, -0.05) is 12.1 Å². The number of aromatic nitrogens is 5.